The molecule has 1 amide bonds. The highest BCUT2D eigenvalue weighted by molar-refractivity contribution is 5.78. The number of primary amides is 1. The van der Waals surface area contributed by atoms with Crippen molar-refractivity contribution in [3.05, 3.63) is 0 Å². The third kappa shape index (κ3) is 28.6. The minimum atomic E-state index is -0.833. The predicted octanol–water partition coefficient (Wildman–Crippen LogP) is -1.09. The number of carbonyl (C=O) groups excluding carboxylic acids is 1. The molecular formula is C5H12N2O3. The lowest BCUT2D eigenvalue weighted by Crippen LogP contribution is -2.32. The molecule has 5 N–H and O–H groups in total. The number of amides is 1. The molecule has 60 valence electrons. The van der Waals surface area contributed by atoms with Gasteiger partial charge in [-0.1, -0.05) is 0 Å². The van der Waals surface area contributed by atoms with Crippen molar-refractivity contribution in [3.8, 4) is 0 Å². The van der Waals surface area contributed by atoms with E-state index in [1.807, 2.05) is 0 Å². The maximum absolute atomic E-state index is 9.80. The van der Waals surface area contributed by atoms with Crippen molar-refractivity contribution in [2.24, 2.45) is 11.5 Å². The summed E-state index contributed by atoms with van der Waals surface area (Å²) in [6.45, 7) is 2.63. The van der Waals surface area contributed by atoms with E-state index in [1.165, 1.54) is 0 Å². The van der Waals surface area contributed by atoms with E-state index in [0.717, 1.165) is 6.92 Å². The van der Waals surface area contributed by atoms with Gasteiger partial charge >= 0.3 is 0 Å². The minimum absolute atomic E-state index is 0.463. The van der Waals surface area contributed by atoms with Gasteiger partial charge in [0.1, 0.15) is 0 Å². The molecule has 0 rings (SSSR count). The lowest BCUT2D eigenvalue weighted by atomic mass is 10.4. The third-order valence-electron chi connectivity index (χ3n) is 0.449. The number of hydrogen-bond donors (Lipinski definition) is 3. The standard InChI is InChI=1S/C3H8N2O.C2H4O2/c1-2(4)3(5)6;1-2(3)4/h2H,4H2,1H3,(H2,5,6);1H3,(H,3,4). The monoisotopic (exact) mass is 148 g/mol. The largest absolute Gasteiger partial charge is 0.481 e. The van der Waals surface area contributed by atoms with E-state index in [1.54, 1.807) is 6.92 Å². The molecule has 0 radical (unpaired) electrons. The molecule has 1 unspecified atom stereocenters. The Morgan fingerprint density at radius 2 is 1.60 bits per heavy atom. The maximum atomic E-state index is 9.80. The molecule has 0 aliphatic rings. The molecule has 5 nitrogen and oxygen atoms in total. The maximum Gasteiger partial charge on any atom is 0.300 e. The second kappa shape index (κ2) is 6.03. The Kier molecular flexibility index (Phi) is 7.03. The predicted molar refractivity (Wildman–Crippen MR) is 36.2 cm³/mol. The number of nitrogens with two attached hydrogens (primary N) is 2. The Hall–Kier alpha value is -1.10. The van der Waals surface area contributed by atoms with Crippen LogP contribution in [0.5, 0.6) is 0 Å². The summed E-state index contributed by atoms with van der Waals surface area (Å²) in [7, 11) is 0. The topological polar surface area (TPSA) is 106 Å². The van der Waals surface area contributed by atoms with Crippen LogP contribution in [0.15, 0.2) is 0 Å². The average Bonchev–Trinajstić information content (AvgIpc) is 1.63. The SMILES string of the molecule is CC(=O)O.CC(N)C(N)=O. The van der Waals surface area contributed by atoms with E-state index in [2.05, 4.69) is 5.73 Å². The van der Waals surface area contributed by atoms with Gasteiger partial charge in [-0.15, -0.1) is 0 Å². The smallest absolute Gasteiger partial charge is 0.300 e. The normalized spacial score (nSPS) is 10.7. The number of carboxylic acid groups (broad SMARTS) is 1. The molecule has 0 heterocycles. The summed E-state index contributed by atoms with van der Waals surface area (Å²) in [5.41, 5.74) is 9.63. The highest BCUT2D eigenvalue weighted by Crippen LogP contribution is 1.64. The van der Waals surface area contributed by atoms with Crippen molar-refractivity contribution in [3.63, 3.8) is 0 Å². The van der Waals surface area contributed by atoms with E-state index in [-0.39, 0.29) is 0 Å². The summed E-state index contributed by atoms with van der Waals surface area (Å²) in [6, 6.07) is -0.509. The Balaban J connectivity index is 0. The van der Waals surface area contributed by atoms with Crippen LogP contribution in [0.3, 0.4) is 0 Å². The van der Waals surface area contributed by atoms with Crippen LogP contribution >= 0.6 is 0 Å². The molecule has 0 aromatic carbocycles. The van der Waals surface area contributed by atoms with E-state index in [9.17, 15) is 4.79 Å². The molecule has 0 fully saturated rings. The second-order valence-electron chi connectivity index (χ2n) is 1.71. The van der Waals surface area contributed by atoms with E-state index >= 15 is 0 Å². The molecule has 0 aliphatic carbocycles. The molecule has 0 saturated heterocycles. The minimum Gasteiger partial charge on any atom is -0.481 e. The lowest BCUT2D eigenvalue weighted by molar-refractivity contribution is -0.134. The van der Waals surface area contributed by atoms with Gasteiger partial charge in [-0.05, 0) is 6.92 Å². The fourth-order valence-corrected chi connectivity index (χ4v) is 0. The summed E-state index contributed by atoms with van der Waals surface area (Å²) in [5.74, 6) is -1.30. The van der Waals surface area contributed by atoms with Crippen molar-refractivity contribution < 1.29 is 14.7 Å². The number of hydrogen-bond acceptors (Lipinski definition) is 3. The lowest BCUT2D eigenvalue weighted by Gasteiger charge is -1.91. The summed E-state index contributed by atoms with van der Waals surface area (Å²) < 4.78 is 0. The van der Waals surface area contributed by atoms with Gasteiger partial charge in [0.2, 0.25) is 5.91 Å². The summed E-state index contributed by atoms with van der Waals surface area (Å²) in [5, 5.41) is 7.42. The fourth-order valence-electron chi connectivity index (χ4n) is 0. The highest BCUT2D eigenvalue weighted by Gasteiger charge is 1.96. The zero-order valence-electron chi connectivity index (χ0n) is 6.00. The molecule has 0 aliphatic heterocycles. The van der Waals surface area contributed by atoms with Crippen LogP contribution < -0.4 is 11.5 Å². The third-order valence-corrected chi connectivity index (χ3v) is 0.449. The van der Waals surface area contributed by atoms with Crippen LogP contribution in [0.1, 0.15) is 13.8 Å². The average molecular weight is 148 g/mol. The molecule has 5 heteroatoms. The van der Waals surface area contributed by atoms with Crippen molar-refractivity contribution >= 4 is 11.9 Å². The van der Waals surface area contributed by atoms with E-state index < -0.39 is 17.9 Å². The molecule has 0 aromatic rings. The molecule has 0 aromatic heterocycles. The molecule has 0 saturated carbocycles. The van der Waals surface area contributed by atoms with Crippen LogP contribution in [-0.2, 0) is 9.59 Å². The van der Waals surface area contributed by atoms with Gasteiger partial charge in [0.25, 0.3) is 5.97 Å². The Morgan fingerprint density at radius 3 is 1.60 bits per heavy atom. The zero-order chi connectivity index (χ0) is 8.73. The Bertz CT molecular complexity index is 118. The van der Waals surface area contributed by atoms with E-state index in [0.29, 0.717) is 0 Å². The van der Waals surface area contributed by atoms with Gasteiger partial charge in [-0.25, -0.2) is 0 Å². The van der Waals surface area contributed by atoms with Gasteiger partial charge in [-0.3, -0.25) is 9.59 Å². The van der Waals surface area contributed by atoms with Gasteiger partial charge in [0.05, 0.1) is 6.04 Å². The van der Waals surface area contributed by atoms with Crippen LogP contribution in [0.2, 0.25) is 0 Å². The summed E-state index contributed by atoms with van der Waals surface area (Å²) in [6.07, 6.45) is 0. The Labute approximate surface area is 59.0 Å². The van der Waals surface area contributed by atoms with Crippen LogP contribution in [0, 0.1) is 0 Å². The van der Waals surface area contributed by atoms with Crippen molar-refractivity contribution in [2.75, 3.05) is 0 Å². The quantitative estimate of drug-likeness (QED) is 0.439. The molecule has 0 bridgehead atoms. The molecular weight excluding hydrogens is 136 g/mol. The van der Waals surface area contributed by atoms with Gasteiger partial charge in [0, 0.05) is 6.92 Å². The highest BCUT2D eigenvalue weighted by atomic mass is 16.4. The zero-order valence-corrected chi connectivity index (χ0v) is 6.00. The number of carbonyl (C=O) groups is 2. The number of rotatable bonds is 1. The van der Waals surface area contributed by atoms with Gasteiger partial charge in [-0.2, -0.15) is 0 Å². The second-order valence-corrected chi connectivity index (χ2v) is 1.71. The molecule has 0 spiro atoms. The van der Waals surface area contributed by atoms with Crippen molar-refractivity contribution in [1.82, 2.24) is 0 Å². The number of aliphatic carboxylic acids is 1. The number of carboxylic acids is 1. The summed E-state index contributed by atoms with van der Waals surface area (Å²) in [4.78, 5) is 18.8. The van der Waals surface area contributed by atoms with Crippen molar-refractivity contribution in [1.29, 1.82) is 0 Å². The van der Waals surface area contributed by atoms with Gasteiger partial charge < -0.3 is 16.6 Å². The van der Waals surface area contributed by atoms with Crippen molar-refractivity contribution in [2.45, 2.75) is 19.9 Å². The Morgan fingerprint density at radius 1 is 1.50 bits per heavy atom. The first-order valence-corrected chi connectivity index (χ1v) is 2.62. The van der Waals surface area contributed by atoms with Crippen LogP contribution in [0.25, 0.3) is 0 Å². The first kappa shape index (κ1) is 11.7. The first-order chi connectivity index (χ1) is 4.37. The molecule has 10 heavy (non-hydrogen) atoms. The van der Waals surface area contributed by atoms with Gasteiger partial charge in [0.15, 0.2) is 0 Å². The first-order valence-electron chi connectivity index (χ1n) is 2.62. The molecule has 1 atom stereocenters. The summed E-state index contributed by atoms with van der Waals surface area (Å²) >= 11 is 0. The van der Waals surface area contributed by atoms with E-state index in [4.69, 9.17) is 15.6 Å². The van der Waals surface area contributed by atoms with Crippen LogP contribution in [0.4, 0.5) is 0 Å². The fraction of sp³-hybridized carbons (Fsp3) is 0.600. The van der Waals surface area contributed by atoms with Crippen LogP contribution in [-0.4, -0.2) is 23.0 Å².